The highest BCUT2D eigenvalue weighted by atomic mass is 16.1. The van der Waals surface area contributed by atoms with Crippen LogP contribution in [0.15, 0.2) is 24.0 Å². The van der Waals surface area contributed by atoms with Gasteiger partial charge in [-0.1, -0.05) is 18.6 Å². The maximum Gasteiger partial charge on any atom is 0.216 e. The Morgan fingerprint density at radius 2 is 2.21 bits per heavy atom. The predicted octanol–water partition coefficient (Wildman–Crippen LogP) is 2.87. The summed E-state index contributed by atoms with van der Waals surface area (Å²) in [5.74, 6) is 1.55. The van der Waals surface area contributed by atoms with Crippen molar-refractivity contribution in [3.8, 4) is 0 Å². The lowest BCUT2D eigenvalue weighted by molar-refractivity contribution is -0.118. The largest absolute Gasteiger partial charge is 0.355 e. The van der Waals surface area contributed by atoms with Crippen LogP contribution in [0.5, 0.6) is 0 Å². The van der Waals surface area contributed by atoms with E-state index in [4.69, 9.17) is 0 Å². The van der Waals surface area contributed by atoms with E-state index >= 15 is 0 Å². The summed E-state index contributed by atoms with van der Waals surface area (Å²) in [6.07, 6.45) is 8.26. The molecule has 4 heteroatoms. The van der Waals surface area contributed by atoms with Crippen LogP contribution >= 0.6 is 0 Å². The van der Waals surface area contributed by atoms with E-state index < -0.39 is 0 Å². The summed E-state index contributed by atoms with van der Waals surface area (Å²) >= 11 is 0. The third-order valence-electron chi connectivity index (χ3n) is 3.07. The predicted molar refractivity (Wildman–Crippen MR) is 78.0 cm³/mol. The molecule has 1 rings (SSSR count). The first-order valence-electron chi connectivity index (χ1n) is 6.89. The van der Waals surface area contributed by atoms with Crippen LogP contribution in [-0.2, 0) is 11.3 Å². The molecule has 0 aliphatic rings. The lowest BCUT2D eigenvalue weighted by Gasteiger charge is -2.13. The van der Waals surface area contributed by atoms with E-state index in [-0.39, 0.29) is 5.91 Å². The third kappa shape index (κ3) is 5.73. The lowest BCUT2D eigenvalue weighted by atomic mass is 10.0. The van der Waals surface area contributed by atoms with E-state index in [2.05, 4.69) is 41.7 Å². The molecule has 0 fully saturated rings. The highest BCUT2D eigenvalue weighted by Gasteiger charge is 2.11. The van der Waals surface area contributed by atoms with E-state index in [9.17, 15) is 4.79 Å². The summed E-state index contributed by atoms with van der Waals surface area (Å²) in [6.45, 7) is 9.42. The van der Waals surface area contributed by atoms with Gasteiger partial charge in [-0.2, -0.15) is 0 Å². The van der Waals surface area contributed by atoms with Gasteiger partial charge in [0.2, 0.25) is 5.91 Å². The van der Waals surface area contributed by atoms with Gasteiger partial charge in [-0.25, -0.2) is 4.98 Å². The first-order chi connectivity index (χ1) is 9.00. The maximum absolute atomic E-state index is 10.9. The molecule has 0 bridgehead atoms. The number of aromatic nitrogens is 2. The summed E-state index contributed by atoms with van der Waals surface area (Å²) in [5.41, 5.74) is 1.36. The second kappa shape index (κ2) is 7.77. The number of nitrogens with one attached hydrogen (secondary N) is 1. The maximum atomic E-state index is 10.9. The average Bonchev–Trinajstić information content (AvgIpc) is 2.76. The Morgan fingerprint density at radius 3 is 2.84 bits per heavy atom. The molecule has 0 spiro atoms. The molecule has 0 radical (unpaired) electrons. The Bertz CT molecular complexity index is 430. The Balaban J connectivity index is 2.50. The molecule has 0 aromatic carbocycles. The first-order valence-corrected chi connectivity index (χ1v) is 6.89. The fourth-order valence-corrected chi connectivity index (χ4v) is 2.04. The zero-order valence-corrected chi connectivity index (χ0v) is 12.4. The van der Waals surface area contributed by atoms with Crippen molar-refractivity contribution in [2.45, 2.75) is 53.0 Å². The second-order valence-electron chi connectivity index (χ2n) is 5.22. The van der Waals surface area contributed by atoms with E-state index in [1.54, 1.807) is 0 Å². The molecule has 0 aliphatic carbocycles. The van der Waals surface area contributed by atoms with Crippen molar-refractivity contribution < 1.29 is 4.79 Å². The van der Waals surface area contributed by atoms with Gasteiger partial charge >= 0.3 is 0 Å². The van der Waals surface area contributed by atoms with E-state index in [0.29, 0.717) is 12.5 Å². The van der Waals surface area contributed by atoms with Gasteiger partial charge in [-0.05, 0) is 26.7 Å². The molecule has 0 saturated heterocycles. The van der Waals surface area contributed by atoms with Crippen molar-refractivity contribution in [3.05, 3.63) is 29.9 Å². The van der Waals surface area contributed by atoms with Crippen molar-refractivity contribution >= 4 is 5.91 Å². The molecule has 19 heavy (non-hydrogen) atoms. The molecule has 1 heterocycles. The van der Waals surface area contributed by atoms with Crippen molar-refractivity contribution in [1.82, 2.24) is 14.9 Å². The minimum atomic E-state index is 0.0123. The summed E-state index contributed by atoms with van der Waals surface area (Å²) in [6, 6.07) is 0. The van der Waals surface area contributed by atoms with E-state index in [0.717, 1.165) is 25.2 Å². The fourth-order valence-electron chi connectivity index (χ4n) is 2.04. The molecular weight excluding hydrogens is 238 g/mol. The Labute approximate surface area is 115 Å². The van der Waals surface area contributed by atoms with E-state index in [1.165, 1.54) is 12.5 Å². The molecule has 1 aromatic heterocycles. The first kappa shape index (κ1) is 15.5. The van der Waals surface area contributed by atoms with Gasteiger partial charge in [0.1, 0.15) is 5.82 Å². The number of hydrogen-bond donors (Lipinski definition) is 1. The molecule has 4 nitrogen and oxygen atoms in total. The summed E-state index contributed by atoms with van der Waals surface area (Å²) in [7, 11) is 0. The number of hydrogen-bond acceptors (Lipinski definition) is 2. The van der Waals surface area contributed by atoms with Crippen molar-refractivity contribution in [2.75, 3.05) is 6.54 Å². The summed E-state index contributed by atoms with van der Waals surface area (Å²) in [4.78, 5) is 15.3. The number of nitrogens with zero attached hydrogens (tertiary/aromatic N) is 2. The van der Waals surface area contributed by atoms with Crippen LogP contribution in [0, 0.1) is 0 Å². The van der Waals surface area contributed by atoms with Crippen LogP contribution in [0.4, 0.5) is 0 Å². The van der Waals surface area contributed by atoms with Gasteiger partial charge in [0.25, 0.3) is 0 Å². The normalized spacial score (nSPS) is 12.0. The number of rotatable bonds is 7. The topological polar surface area (TPSA) is 46.9 Å². The van der Waals surface area contributed by atoms with Gasteiger partial charge in [-0.15, -0.1) is 0 Å². The lowest BCUT2D eigenvalue weighted by Crippen LogP contribution is -2.25. The molecule has 0 aliphatic heterocycles. The van der Waals surface area contributed by atoms with Gasteiger partial charge in [0.05, 0.1) is 0 Å². The minimum absolute atomic E-state index is 0.0123. The van der Waals surface area contributed by atoms with Gasteiger partial charge in [-0.3, -0.25) is 4.79 Å². The molecule has 1 amide bonds. The van der Waals surface area contributed by atoms with Crippen LogP contribution < -0.4 is 5.32 Å². The molecule has 1 aromatic rings. The van der Waals surface area contributed by atoms with Crippen LogP contribution in [0.1, 0.15) is 52.3 Å². The van der Waals surface area contributed by atoms with Gasteiger partial charge in [0, 0.05) is 38.3 Å². The molecule has 1 N–H and O–H groups in total. The summed E-state index contributed by atoms with van der Waals surface area (Å²) < 4.78 is 2.13. The smallest absolute Gasteiger partial charge is 0.216 e. The monoisotopic (exact) mass is 263 g/mol. The fraction of sp³-hybridized carbons (Fsp3) is 0.600. The van der Waals surface area contributed by atoms with Gasteiger partial charge in [0.15, 0.2) is 0 Å². The second-order valence-corrected chi connectivity index (χ2v) is 5.22. The zero-order valence-electron chi connectivity index (χ0n) is 12.4. The SMILES string of the molecule is CC(=O)NCCn1ccnc1C(C)CCC=C(C)C. The molecule has 0 saturated carbocycles. The van der Waals surface area contributed by atoms with Crippen LogP contribution in [-0.4, -0.2) is 22.0 Å². The number of amides is 1. The highest BCUT2D eigenvalue weighted by Crippen LogP contribution is 2.19. The van der Waals surface area contributed by atoms with Crippen molar-refractivity contribution in [2.24, 2.45) is 0 Å². The molecule has 1 unspecified atom stereocenters. The van der Waals surface area contributed by atoms with Crippen molar-refractivity contribution in [3.63, 3.8) is 0 Å². The van der Waals surface area contributed by atoms with Crippen molar-refractivity contribution in [1.29, 1.82) is 0 Å². The molecular formula is C15H25N3O. The average molecular weight is 263 g/mol. The van der Waals surface area contributed by atoms with Crippen LogP contribution in [0.2, 0.25) is 0 Å². The Morgan fingerprint density at radius 1 is 1.47 bits per heavy atom. The van der Waals surface area contributed by atoms with Crippen LogP contribution in [0.3, 0.4) is 0 Å². The number of carbonyl (C=O) groups is 1. The number of allylic oxidation sites excluding steroid dienone is 2. The Kier molecular flexibility index (Phi) is 6.33. The highest BCUT2D eigenvalue weighted by molar-refractivity contribution is 5.72. The number of carbonyl (C=O) groups excluding carboxylic acids is 1. The minimum Gasteiger partial charge on any atom is -0.355 e. The third-order valence-corrected chi connectivity index (χ3v) is 3.07. The zero-order chi connectivity index (χ0) is 14.3. The Hall–Kier alpha value is -1.58. The summed E-state index contributed by atoms with van der Waals surface area (Å²) in [5, 5.41) is 2.81. The number of imidazole rings is 1. The molecule has 106 valence electrons. The van der Waals surface area contributed by atoms with E-state index in [1.807, 2.05) is 12.4 Å². The van der Waals surface area contributed by atoms with Gasteiger partial charge < -0.3 is 9.88 Å². The van der Waals surface area contributed by atoms with Crippen LogP contribution in [0.25, 0.3) is 0 Å². The quantitative estimate of drug-likeness (QED) is 0.769. The molecule has 1 atom stereocenters. The standard InChI is InChI=1S/C15H25N3O/c1-12(2)6-5-7-13(3)15-17-9-11-18(15)10-8-16-14(4)19/h6,9,11,13H,5,7-8,10H2,1-4H3,(H,16,19).